The second-order valence-electron chi connectivity index (χ2n) is 6.74. The quantitative estimate of drug-likeness (QED) is 0.375. The van der Waals surface area contributed by atoms with Crippen LogP contribution in [0.2, 0.25) is 0 Å². The van der Waals surface area contributed by atoms with E-state index in [1.54, 1.807) is 6.07 Å². The Morgan fingerprint density at radius 2 is 2.00 bits per heavy atom. The van der Waals surface area contributed by atoms with Crippen molar-refractivity contribution >= 4 is 28.6 Å². The number of benzene rings is 3. The van der Waals surface area contributed by atoms with Crippen LogP contribution < -0.4 is 10.1 Å². The fraction of sp³-hybridized carbons (Fsp3) is 0.0435. The van der Waals surface area contributed by atoms with Crippen molar-refractivity contribution in [3.05, 3.63) is 88.7 Å². The zero-order chi connectivity index (χ0) is 19.8. The van der Waals surface area contributed by atoms with E-state index >= 15 is 0 Å². The topological polar surface area (TPSA) is 73.7 Å². The Balaban J connectivity index is 1.69. The molecule has 3 aromatic carbocycles. The van der Waals surface area contributed by atoms with Crippen LogP contribution in [0.4, 0.5) is 10.3 Å². The summed E-state index contributed by atoms with van der Waals surface area (Å²) >= 11 is 0. The average molecular weight is 382 g/mol. The molecule has 2 N–H and O–H groups in total. The zero-order valence-electron chi connectivity index (χ0n) is 15.2. The van der Waals surface area contributed by atoms with Gasteiger partial charge in [0.15, 0.2) is 6.19 Å². The molecule has 0 spiro atoms. The van der Waals surface area contributed by atoms with Crippen LogP contribution in [0.3, 0.4) is 0 Å². The van der Waals surface area contributed by atoms with Gasteiger partial charge in [-0.3, -0.25) is 5.32 Å². The highest BCUT2D eigenvalue weighted by atomic mass is 19.1. The van der Waals surface area contributed by atoms with Crippen molar-refractivity contribution in [2.75, 3.05) is 5.32 Å². The van der Waals surface area contributed by atoms with Gasteiger partial charge in [-0.05, 0) is 52.6 Å². The van der Waals surface area contributed by atoms with Crippen LogP contribution in [0.5, 0.6) is 5.75 Å². The number of aromatic amines is 1. The molecular weight excluding hydrogens is 367 g/mol. The first-order chi connectivity index (χ1) is 14.2. The summed E-state index contributed by atoms with van der Waals surface area (Å²) in [6, 6.07) is 18.5. The Kier molecular flexibility index (Phi) is 3.99. The van der Waals surface area contributed by atoms with Gasteiger partial charge in [-0.1, -0.05) is 30.3 Å². The summed E-state index contributed by atoms with van der Waals surface area (Å²) in [4.78, 5) is 7.40. The summed E-state index contributed by atoms with van der Waals surface area (Å²) in [6.45, 7) is 0.382. The van der Waals surface area contributed by atoms with E-state index in [9.17, 15) is 4.39 Å². The fourth-order valence-electron chi connectivity index (χ4n) is 3.60. The number of ether oxygens (including phenoxy) is 1. The number of rotatable bonds is 2. The average Bonchev–Trinajstić information content (AvgIpc) is 3.06. The van der Waals surface area contributed by atoms with E-state index in [0.29, 0.717) is 18.3 Å². The summed E-state index contributed by atoms with van der Waals surface area (Å²) in [7, 11) is 0. The highest BCUT2D eigenvalue weighted by Crippen LogP contribution is 2.38. The lowest BCUT2D eigenvalue weighted by atomic mass is 9.92. The molecule has 140 valence electrons. The Morgan fingerprint density at radius 3 is 2.90 bits per heavy atom. The first-order valence-electron chi connectivity index (χ1n) is 9.09. The van der Waals surface area contributed by atoms with Crippen LogP contribution in [-0.4, -0.2) is 9.97 Å². The van der Waals surface area contributed by atoms with Crippen LogP contribution in [0.15, 0.2) is 60.7 Å². The normalized spacial score (nSPS) is 13.9. The number of anilines is 1. The molecule has 0 amide bonds. The Hall–Kier alpha value is -4.11. The Labute approximate surface area is 166 Å². The first kappa shape index (κ1) is 17.0. The molecule has 1 aliphatic rings. The highest BCUT2D eigenvalue weighted by Gasteiger charge is 2.19. The number of imidazole rings is 1. The van der Waals surface area contributed by atoms with Crippen molar-refractivity contribution in [1.29, 1.82) is 5.26 Å². The van der Waals surface area contributed by atoms with Gasteiger partial charge in [-0.15, -0.1) is 0 Å². The van der Waals surface area contributed by atoms with E-state index in [1.807, 2.05) is 48.7 Å². The van der Waals surface area contributed by atoms with Crippen molar-refractivity contribution in [2.45, 2.75) is 6.61 Å². The number of H-pyrrole nitrogens is 1. The van der Waals surface area contributed by atoms with Crippen LogP contribution in [0.25, 0.3) is 22.7 Å². The van der Waals surface area contributed by atoms with E-state index in [1.165, 1.54) is 12.1 Å². The predicted octanol–water partition coefficient (Wildman–Crippen LogP) is 5.08. The number of nitriles is 1. The van der Waals surface area contributed by atoms with E-state index < -0.39 is 0 Å². The minimum atomic E-state index is -0.328. The number of nitrogens with one attached hydrogen (secondary N) is 2. The largest absolute Gasteiger partial charge is 0.488 e. The predicted molar refractivity (Wildman–Crippen MR) is 109 cm³/mol. The molecule has 6 heteroatoms. The summed E-state index contributed by atoms with van der Waals surface area (Å²) in [5.74, 6) is 0.599. The van der Waals surface area contributed by atoms with E-state index in [2.05, 4.69) is 21.4 Å². The minimum Gasteiger partial charge on any atom is -0.488 e. The van der Waals surface area contributed by atoms with Gasteiger partial charge >= 0.3 is 0 Å². The second kappa shape index (κ2) is 6.80. The van der Waals surface area contributed by atoms with Crippen molar-refractivity contribution in [1.82, 2.24) is 9.97 Å². The van der Waals surface area contributed by atoms with Gasteiger partial charge in [-0.2, -0.15) is 5.26 Å². The lowest BCUT2D eigenvalue weighted by molar-refractivity contribution is 0.305. The van der Waals surface area contributed by atoms with E-state index in [-0.39, 0.29) is 5.82 Å². The zero-order valence-corrected chi connectivity index (χ0v) is 15.2. The molecule has 4 aromatic rings. The number of aromatic nitrogens is 2. The van der Waals surface area contributed by atoms with Crippen molar-refractivity contribution in [3.63, 3.8) is 0 Å². The van der Waals surface area contributed by atoms with Crippen molar-refractivity contribution in [3.8, 4) is 11.9 Å². The second-order valence-corrected chi connectivity index (χ2v) is 6.74. The standard InChI is InChI=1S/C23H15FN4O/c24-16-6-7-18-19(17-4-2-1-3-15(17)12-29-22(18)11-16)9-14-5-8-20-21(10-14)28-23(27-20)26-13-25/h1-11H,12H2,(H2,26,27,28)/b19-9+. The van der Waals surface area contributed by atoms with Crippen LogP contribution >= 0.6 is 0 Å². The van der Waals surface area contributed by atoms with Gasteiger partial charge in [-0.25, -0.2) is 9.37 Å². The molecule has 1 aliphatic heterocycles. The molecule has 5 rings (SSSR count). The van der Waals surface area contributed by atoms with Gasteiger partial charge in [0.2, 0.25) is 5.95 Å². The molecule has 29 heavy (non-hydrogen) atoms. The number of hydrogen-bond acceptors (Lipinski definition) is 4. The summed E-state index contributed by atoms with van der Waals surface area (Å²) in [6.07, 6.45) is 3.92. The minimum absolute atomic E-state index is 0.328. The van der Waals surface area contributed by atoms with E-state index in [0.717, 1.165) is 38.9 Å². The van der Waals surface area contributed by atoms with E-state index in [4.69, 9.17) is 10.00 Å². The monoisotopic (exact) mass is 382 g/mol. The summed E-state index contributed by atoms with van der Waals surface area (Å²) < 4.78 is 19.7. The third-order valence-corrected chi connectivity index (χ3v) is 4.92. The van der Waals surface area contributed by atoms with Crippen molar-refractivity contribution < 1.29 is 9.13 Å². The lowest BCUT2D eigenvalue weighted by Crippen LogP contribution is -1.95. The number of hydrogen-bond donors (Lipinski definition) is 2. The van der Waals surface area contributed by atoms with Gasteiger partial charge in [0.05, 0.1) is 11.0 Å². The van der Waals surface area contributed by atoms with Crippen molar-refractivity contribution in [2.24, 2.45) is 0 Å². The van der Waals surface area contributed by atoms with Crippen LogP contribution in [-0.2, 0) is 6.61 Å². The van der Waals surface area contributed by atoms with Gasteiger partial charge in [0.25, 0.3) is 0 Å². The third-order valence-electron chi connectivity index (χ3n) is 4.92. The molecular formula is C23H15FN4O. The maximum atomic E-state index is 13.8. The first-order valence-corrected chi connectivity index (χ1v) is 9.09. The fourth-order valence-corrected chi connectivity index (χ4v) is 3.60. The molecule has 2 heterocycles. The molecule has 0 aliphatic carbocycles. The molecule has 0 fully saturated rings. The molecule has 0 saturated carbocycles. The maximum Gasteiger partial charge on any atom is 0.214 e. The lowest BCUT2D eigenvalue weighted by Gasteiger charge is -2.11. The molecule has 0 radical (unpaired) electrons. The summed E-state index contributed by atoms with van der Waals surface area (Å²) in [5.41, 5.74) is 6.42. The molecule has 1 aromatic heterocycles. The van der Waals surface area contributed by atoms with Gasteiger partial charge in [0.1, 0.15) is 18.2 Å². The maximum absolute atomic E-state index is 13.8. The van der Waals surface area contributed by atoms with Crippen LogP contribution in [0.1, 0.15) is 22.3 Å². The smallest absolute Gasteiger partial charge is 0.214 e. The molecule has 0 unspecified atom stereocenters. The molecule has 0 saturated heterocycles. The number of halogens is 1. The molecule has 0 bridgehead atoms. The molecule has 0 atom stereocenters. The Bertz CT molecular complexity index is 1320. The third kappa shape index (κ3) is 3.09. The van der Waals surface area contributed by atoms with Gasteiger partial charge in [0, 0.05) is 11.6 Å². The van der Waals surface area contributed by atoms with Crippen LogP contribution in [0, 0.1) is 17.3 Å². The van der Waals surface area contributed by atoms with Gasteiger partial charge < -0.3 is 9.72 Å². The SMILES string of the molecule is N#CNc1nc2ccc(/C=C3\c4ccccc4COc4cc(F)ccc43)cc2[nH]1. The Morgan fingerprint density at radius 1 is 1.10 bits per heavy atom. The number of fused-ring (bicyclic) bond motifs is 3. The number of nitrogens with zero attached hydrogens (tertiary/aromatic N) is 2. The summed E-state index contributed by atoms with van der Waals surface area (Å²) in [5, 5.41) is 11.3. The molecule has 5 nitrogen and oxygen atoms in total. The highest BCUT2D eigenvalue weighted by molar-refractivity contribution is 5.96.